The first kappa shape index (κ1) is 54.4. The molecular formula is C50H96O6. The molecular weight excluding hydrogens is 697 g/mol. The molecule has 0 aliphatic rings. The molecule has 332 valence electrons. The van der Waals surface area contributed by atoms with Crippen molar-refractivity contribution in [3.63, 3.8) is 0 Å². The number of hydrogen-bond acceptors (Lipinski definition) is 6. The van der Waals surface area contributed by atoms with Gasteiger partial charge in [-0.3, -0.25) is 14.4 Å². The number of carbonyl (C=O) groups excluding carboxylic acids is 3. The van der Waals surface area contributed by atoms with Crippen LogP contribution in [0.25, 0.3) is 0 Å². The van der Waals surface area contributed by atoms with Crippen LogP contribution < -0.4 is 0 Å². The number of esters is 3. The number of carbonyl (C=O) groups is 3. The summed E-state index contributed by atoms with van der Waals surface area (Å²) in [5.74, 6) is 0.795. The summed E-state index contributed by atoms with van der Waals surface area (Å²) in [7, 11) is 0. The van der Waals surface area contributed by atoms with Crippen LogP contribution in [0.4, 0.5) is 0 Å². The molecule has 0 bridgehead atoms. The summed E-state index contributed by atoms with van der Waals surface area (Å²) < 4.78 is 16.8. The molecule has 0 aromatic carbocycles. The standard InChI is InChI=1S/C50H96O6/c1-6-8-9-10-11-12-13-14-15-16-20-25-30-35-40-48(51)54-43-47(44-55-49(52)41-36-31-27-22-23-28-33-38-45(3)4)56-50(53)42-37-32-26-21-18-17-19-24-29-34-39-46(5)7-2/h45-47H,6-44H2,1-5H3/t46?,47-/m0/s1. The van der Waals surface area contributed by atoms with Gasteiger partial charge in [-0.05, 0) is 31.1 Å². The average molecular weight is 793 g/mol. The number of ether oxygens (including phenoxy) is 3. The van der Waals surface area contributed by atoms with Gasteiger partial charge < -0.3 is 14.2 Å². The lowest BCUT2D eigenvalue weighted by molar-refractivity contribution is -0.167. The highest BCUT2D eigenvalue weighted by Gasteiger charge is 2.19. The molecule has 0 amide bonds. The highest BCUT2D eigenvalue weighted by atomic mass is 16.6. The molecule has 0 radical (unpaired) electrons. The monoisotopic (exact) mass is 793 g/mol. The first-order chi connectivity index (χ1) is 27.3. The van der Waals surface area contributed by atoms with E-state index < -0.39 is 6.10 Å². The van der Waals surface area contributed by atoms with E-state index in [9.17, 15) is 14.4 Å². The third kappa shape index (κ3) is 42.0. The zero-order valence-electron chi connectivity index (χ0n) is 38.3. The Hall–Kier alpha value is -1.59. The van der Waals surface area contributed by atoms with Gasteiger partial charge in [-0.25, -0.2) is 0 Å². The van der Waals surface area contributed by atoms with Gasteiger partial charge in [0.2, 0.25) is 0 Å². The van der Waals surface area contributed by atoms with E-state index in [0.717, 1.165) is 69.6 Å². The summed E-state index contributed by atoms with van der Waals surface area (Å²) in [5.41, 5.74) is 0. The van der Waals surface area contributed by atoms with Gasteiger partial charge >= 0.3 is 17.9 Å². The van der Waals surface area contributed by atoms with Crippen molar-refractivity contribution in [2.75, 3.05) is 13.2 Å². The smallest absolute Gasteiger partial charge is 0.306 e. The fourth-order valence-corrected chi connectivity index (χ4v) is 7.43. The van der Waals surface area contributed by atoms with Crippen molar-refractivity contribution in [3.05, 3.63) is 0 Å². The van der Waals surface area contributed by atoms with Gasteiger partial charge in [0.25, 0.3) is 0 Å². The van der Waals surface area contributed by atoms with Gasteiger partial charge in [0, 0.05) is 19.3 Å². The molecule has 0 rings (SSSR count). The van der Waals surface area contributed by atoms with Crippen LogP contribution in [0, 0.1) is 11.8 Å². The topological polar surface area (TPSA) is 78.9 Å². The van der Waals surface area contributed by atoms with Crippen LogP contribution in [-0.4, -0.2) is 37.2 Å². The number of unbranched alkanes of at least 4 members (excludes halogenated alkanes) is 28. The lowest BCUT2D eigenvalue weighted by Crippen LogP contribution is -2.30. The second-order valence-corrected chi connectivity index (χ2v) is 17.8. The van der Waals surface area contributed by atoms with Crippen LogP contribution in [0.3, 0.4) is 0 Å². The van der Waals surface area contributed by atoms with Gasteiger partial charge in [-0.2, -0.15) is 0 Å². The molecule has 2 atom stereocenters. The van der Waals surface area contributed by atoms with Crippen LogP contribution in [0.5, 0.6) is 0 Å². The first-order valence-corrected chi connectivity index (χ1v) is 24.8. The van der Waals surface area contributed by atoms with Crippen LogP contribution in [0.1, 0.15) is 272 Å². The van der Waals surface area contributed by atoms with Crippen LogP contribution >= 0.6 is 0 Å². The minimum absolute atomic E-state index is 0.0646. The lowest BCUT2D eigenvalue weighted by atomic mass is 9.99. The highest BCUT2D eigenvalue weighted by molar-refractivity contribution is 5.71. The molecule has 0 N–H and O–H groups in total. The van der Waals surface area contributed by atoms with Crippen molar-refractivity contribution < 1.29 is 28.6 Å². The minimum Gasteiger partial charge on any atom is -0.462 e. The third-order valence-corrected chi connectivity index (χ3v) is 11.6. The molecule has 0 heterocycles. The Morgan fingerprint density at radius 3 is 1.02 bits per heavy atom. The molecule has 0 fully saturated rings. The van der Waals surface area contributed by atoms with E-state index in [1.54, 1.807) is 0 Å². The minimum atomic E-state index is -0.761. The van der Waals surface area contributed by atoms with E-state index in [0.29, 0.717) is 19.3 Å². The third-order valence-electron chi connectivity index (χ3n) is 11.6. The van der Waals surface area contributed by atoms with E-state index in [2.05, 4.69) is 34.6 Å². The van der Waals surface area contributed by atoms with Gasteiger partial charge in [0.15, 0.2) is 6.10 Å². The van der Waals surface area contributed by atoms with Crippen molar-refractivity contribution in [1.82, 2.24) is 0 Å². The maximum Gasteiger partial charge on any atom is 0.306 e. The summed E-state index contributed by atoms with van der Waals surface area (Å²) in [4.78, 5) is 37.8. The fourth-order valence-electron chi connectivity index (χ4n) is 7.43. The van der Waals surface area contributed by atoms with Gasteiger partial charge in [0.1, 0.15) is 13.2 Å². The number of rotatable bonds is 44. The second kappa shape index (κ2) is 43.0. The Bertz CT molecular complexity index is 856. The largest absolute Gasteiger partial charge is 0.462 e. The van der Waals surface area contributed by atoms with Crippen molar-refractivity contribution in [2.45, 2.75) is 278 Å². The van der Waals surface area contributed by atoms with Gasteiger partial charge in [-0.15, -0.1) is 0 Å². The summed E-state index contributed by atoms with van der Waals surface area (Å²) >= 11 is 0. The average Bonchev–Trinajstić information content (AvgIpc) is 3.18. The predicted octanol–water partition coefficient (Wildman–Crippen LogP) is 15.8. The Labute approximate surface area is 348 Å². The normalized spacial score (nSPS) is 12.5. The molecule has 0 aromatic rings. The maximum atomic E-state index is 12.8. The molecule has 6 heteroatoms. The van der Waals surface area contributed by atoms with Crippen LogP contribution in [0.15, 0.2) is 0 Å². The Kier molecular flexibility index (Phi) is 41.8. The van der Waals surface area contributed by atoms with Crippen molar-refractivity contribution in [3.8, 4) is 0 Å². The van der Waals surface area contributed by atoms with E-state index >= 15 is 0 Å². The van der Waals surface area contributed by atoms with E-state index in [-0.39, 0.29) is 31.1 Å². The van der Waals surface area contributed by atoms with Crippen molar-refractivity contribution in [2.24, 2.45) is 11.8 Å². The van der Waals surface area contributed by atoms with Gasteiger partial charge in [-0.1, -0.05) is 234 Å². The molecule has 0 aromatic heterocycles. The molecule has 0 saturated heterocycles. The van der Waals surface area contributed by atoms with Crippen LogP contribution in [0.2, 0.25) is 0 Å². The molecule has 0 saturated carbocycles. The summed E-state index contributed by atoms with van der Waals surface area (Å²) in [6, 6.07) is 0. The van der Waals surface area contributed by atoms with E-state index in [1.165, 1.54) is 161 Å². The van der Waals surface area contributed by atoms with Crippen LogP contribution in [-0.2, 0) is 28.6 Å². The molecule has 0 aliphatic heterocycles. The van der Waals surface area contributed by atoms with Gasteiger partial charge in [0.05, 0.1) is 0 Å². The quantitative estimate of drug-likeness (QED) is 0.0347. The molecule has 0 aliphatic carbocycles. The maximum absolute atomic E-state index is 12.8. The number of hydrogen-bond donors (Lipinski definition) is 0. The SMILES string of the molecule is CCCCCCCCCCCCCCCCC(=O)OC[C@@H](COC(=O)CCCCCCCCCC(C)C)OC(=O)CCCCCCCCCCCCC(C)CC. The first-order valence-electron chi connectivity index (χ1n) is 24.8. The molecule has 56 heavy (non-hydrogen) atoms. The molecule has 1 unspecified atom stereocenters. The van der Waals surface area contributed by atoms with Crippen molar-refractivity contribution >= 4 is 17.9 Å². The lowest BCUT2D eigenvalue weighted by Gasteiger charge is -2.18. The zero-order valence-corrected chi connectivity index (χ0v) is 38.3. The highest BCUT2D eigenvalue weighted by Crippen LogP contribution is 2.17. The second-order valence-electron chi connectivity index (χ2n) is 17.8. The zero-order chi connectivity index (χ0) is 41.2. The molecule has 0 spiro atoms. The Morgan fingerprint density at radius 2 is 0.679 bits per heavy atom. The Balaban J connectivity index is 4.32. The van der Waals surface area contributed by atoms with E-state index in [1.807, 2.05) is 0 Å². The summed E-state index contributed by atoms with van der Waals surface area (Å²) in [6.07, 6.45) is 42.3. The predicted molar refractivity (Wildman–Crippen MR) is 238 cm³/mol. The molecule has 6 nitrogen and oxygen atoms in total. The Morgan fingerprint density at radius 1 is 0.375 bits per heavy atom. The van der Waals surface area contributed by atoms with Crippen molar-refractivity contribution in [1.29, 1.82) is 0 Å². The fraction of sp³-hybridized carbons (Fsp3) is 0.940. The summed E-state index contributed by atoms with van der Waals surface area (Å²) in [5, 5.41) is 0. The summed E-state index contributed by atoms with van der Waals surface area (Å²) in [6.45, 7) is 11.3. The van der Waals surface area contributed by atoms with E-state index in [4.69, 9.17) is 14.2 Å².